The van der Waals surface area contributed by atoms with E-state index in [9.17, 15) is 13.2 Å². The number of nitrogens with one attached hydrogen (secondary N) is 2. The molecule has 7 nitrogen and oxygen atoms in total. The molecule has 2 rings (SSSR count). The molecule has 0 unspecified atom stereocenters. The summed E-state index contributed by atoms with van der Waals surface area (Å²) in [6, 6.07) is 8.21. The van der Waals surface area contributed by atoms with E-state index in [2.05, 4.69) is 10.0 Å². The van der Waals surface area contributed by atoms with Crippen LogP contribution in [-0.4, -0.2) is 34.6 Å². The molecule has 1 amide bonds. The highest BCUT2D eigenvalue weighted by molar-refractivity contribution is 7.89. The van der Waals surface area contributed by atoms with Crippen molar-refractivity contribution in [3.63, 3.8) is 0 Å². The van der Waals surface area contributed by atoms with Gasteiger partial charge in [0.2, 0.25) is 15.9 Å². The molecule has 0 spiro atoms. The fraction of sp³-hybridized carbons (Fsp3) is 0.278. The third-order valence-electron chi connectivity index (χ3n) is 3.83. The van der Waals surface area contributed by atoms with Crippen molar-refractivity contribution in [3.8, 4) is 11.5 Å². The molecule has 0 saturated heterocycles. The number of anilines is 1. The van der Waals surface area contributed by atoms with Gasteiger partial charge in [-0.15, -0.1) is 0 Å². The minimum atomic E-state index is -3.94. The fourth-order valence-electron chi connectivity index (χ4n) is 2.26. The minimum absolute atomic E-state index is 0.0434. The van der Waals surface area contributed by atoms with E-state index in [1.54, 1.807) is 18.2 Å². The summed E-state index contributed by atoms with van der Waals surface area (Å²) in [5.41, 5.74) is 1.35. The van der Waals surface area contributed by atoms with Crippen LogP contribution in [0.2, 0.25) is 5.02 Å². The summed E-state index contributed by atoms with van der Waals surface area (Å²) in [7, 11) is -1.08. The second-order valence-electron chi connectivity index (χ2n) is 5.81. The smallest absolute Gasteiger partial charge is 0.242 e. The normalized spacial score (nSPS) is 12.3. The number of hydrogen-bond acceptors (Lipinski definition) is 5. The Morgan fingerprint density at radius 2 is 1.74 bits per heavy atom. The van der Waals surface area contributed by atoms with Crippen LogP contribution in [0.4, 0.5) is 5.69 Å². The maximum Gasteiger partial charge on any atom is 0.242 e. The van der Waals surface area contributed by atoms with Gasteiger partial charge in [-0.2, -0.15) is 4.72 Å². The summed E-state index contributed by atoms with van der Waals surface area (Å²) in [6.07, 6.45) is 0. The van der Waals surface area contributed by atoms with Crippen molar-refractivity contribution in [2.75, 3.05) is 19.5 Å². The van der Waals surface area contributed by atoms with Gasteiger partial charge in [0, 0.05) is 16.8 Å². The van der Waals surface area contributed by atoms with E-state index in [0.29, 0.717) is 16.5 Å². The molecule has 2 aromatic carbocycles. The predicted molar refractivity (Wildman–Crippen MR) is 104 cm³/mol. The van der Waals surface area contributed by atoms with Gasteiger partial charge in [-0.05, 0) is 43.7 Å². The van der Waals surface area contributed by atoms with Gasteiger partial charge in [0.1, 0.15) is 0 Å². The first-order valence-corrected chi connectivity index (χ1v) is 9.85. The fourth-order valence-corrected chi connectivity index (χ4v) is 3.66. The second-order valence-corrected chi connectivity index (χ2v) is 7.93. The average Bonchev–Trinajstić information content (AvgIpc) is 2.63. The molecule has 0 radical (unpaired) electrons. The Morgan fingerprint density at radius 3 is 2.33 bits per heavy atom. The number of aryl methyl sites for hydroxylation is 1. The zero-order valence-electron chi connectivity index (χ0n) is 15.4. The van der Waals surface area contributed by atoms with Crippen molar-refractivity contribution in [1.82, 2.24) is 4.72 Å². The Hall–Kier alpha value is -2.29. The van der Waals surface area contributed by atoms with Crippen LogP contribution in [0.3, 0.4) is 0 Å². The maximum absolute atomic E-state index is 12.6. The van der Waals surface area contributed by atoms with Crippen molar-refractivity contribution >= 4 is 33.2 Å². The number of carbonyl (C=O) groups is 1. The van der Waals surface area contributed by atoms with Gasteiger partial charge in [-0.25, -0.2) is 8.42 Å². The molecule has 9 heteroatoms. The lowest BCUT2D eigenvalue weighted by molar-refractivity contribution is -0.117. The predicted octanol–water partition coefficient (Wildman–Crippen LogP) is 2.97. The lowest BCUT2D eigenvalue weighted by Crippen LogP contribution is -2.41. The SMILES string of the molecule is COc1ccc(S(=O)(=O)N[C@@H](C)C(=O)Nc2ccc(C)c(Cl)c2)cc1OC. The van der Waals surface area contributed by atoms with Gasteiger partial charge in [-0.1, -0.05) is 17.7 Å². The number of sulfonamides is 1. The molecule has 0 saturated carbocycles. The number of methoxy groups -OCH3 is 2. The number of benzene rings is 2. The molecule has 0 aliphatic heterocycles. The van der Waals surface area contributed by atoms with Crippen LogP contribution in [0.5, 0.6) is 11.5 Å². The van der Waals surface area contributed by atoms with E-state index in [-0.39, 0.29) is 10.6 Å². The maximum atomic E-state index is 12.6. The molecule has 2 N–H and O–H groups in total. The average molecular weight is 413 g/mol. The van der Waals surface area contributed by atoms with Crippen molar-refractivity contribution in [3.05, 3.63) is 47.0 Å². The number of hydrogen-bond donors (Lipinski definition) is 2. The number of amides is 1. The molecule has 0 bridgehead atoms. The van der Waals surface area contributed by atoms with Crippen molar-refractivity contribution in [1.29, 1.82) is 0 Å². The van der Waals surface area contributed by atoms with Gasteiger partial charge in [0.25, 0.3) is 0 Å². The van der Waals surface area contributed by atoms with Crippen LogP contribution in [-0.2, 0) is 14.8 Å². The number of ether oxygens (including phenoxy) is 2. The van der Waals surface area contributed by atoms with E-state index >= 15 is 0 Å². The van der Waals surface area contributed by atoms with Gasteiger partial charge in [-0.3, -0.25) is 4.79 Å². The first kappa shape index (κ1) is 21.0. The number of rotatable bonds is 7. The molecule has 0 aromatic heterocycles. The highest BCUT2D eigenvalue weighted by Gasteiger charge is 2.23. The monoisotopic (exact) mass is 412 g/mol. The van der Waals surface area contributed by atoms with Crippen molar-refractivity contribution < 1.29 is 22.7 Å². The van der Waals surface area contributed by atoms with Gasteiger partial charge in [0.05, 0.1) is 25.2 Å². The van der Waals surface area contributed by atoms with E-state index in [1.807, 2.05) is 6.92 Å². The standard InChI is InChI=1S/C18H21ClN2O5S/c1-11-5-6-13(9-15(11)19)20-18(22)12(2)21-27(23,24)14-7-8-16(25-3)17(10-14)26-4/h5-10,12,21H,1-4H3,(H,20,22)/t12-/m0/s1. The quantitative estimate of drug-likeness (QED) is 0.729. The van der Waals surface area contributed by atoms with E-state index in [4.69, 9.17) is 21.1 Å². The molecule has 2 aromatic rings. The first-order valence-electron chi connectivity index (χ1n) is 7.99. The molecule has 27 heavy (non-hydrogen) atoms. The topological polar surface area (TPSA) is 93.7 Å². The lowest BCUT2D eigenvalue weighted by atomic mass is 10.2. The summed E-state index contributed by atoms with van der Waals surface area (Å²) in [6.45, 7) is 3.29. The Labute approximate surface area is 163 Å². The molecular formula is C18H21ClN2O5S. The van der Waals surface area contributed by atoms with E-state index in [0.717, 1.165) is 5.56 Å². The summed E-state index contributed by atoms with van der Waals surface area (Å²) in [5.74, 6) is 0.157. The van der Waals surface area contributed by atoms with Crippen LogP contribution >= 0.6 is 11.6 Å². The van der Waals surface area contributed by atoms with E-state index < -0.39 is 22.0 Å². The zero-order valence-corrected chi connectivity index (χ0v) is 16.9. The summed E-state index contributed by atoms with van der Waals surface area (Å²) < 4.78 is 37.7. The third kappa shape index (κ3) is 5.12. The van der Waals surface area contributed by atoms with Crippen LogP contribution < -0.4 is 19.5 Å². The van der Waals surface area contributed by atoms with Crippen LogP contribution in [0.25, 0.3) is 0 Å². The summed E-state index contributed by atoms with van der Waals surface area (Å²) >= 11 is 6.03. The molecule has 0 fully saturated rings. The number of halogens is 1. The summed E-state index contributed by atoms with van der Waals surface area (Å²) in [5, 5.41) is 3.14. The zero-order chi connectivity index (χ0) is 20.2. The minimum Gasteiger partial charge on any atom is -0.493 e. The Bertz CT molecular complexity index is 947. The molecular weight excluding hydrogens is 392 g/mol. The Kier molecular flexibility index (Phi) is 6.69. The van der Waals surface area contributed by atoms with Gasteiger partial charge < -0.3 is 14.8 Å². The third-order valence-corrected chi connectivity index (χ3v) is 5.78. The van der Waals surface area contributed by atoms with Crippen LogP contribution in [0.15, 0.2) is 41.3 Å². The van der Waals surface area contributed by atoms with Gasteiger partial charge >= 0.3 is 0 Å². The Morgan fingerprint density at radius 1 is 1.07 bits per heavy atom. The molecule has 0 aliphatic carbocycles. The molecule has 0 heterocycles. The largest absolute Gasteiger partial charge is 0.493 e. The molecule has 1 atom stereocenters. The van der Waals surface area contributed by atoms with Crippen molar-refractivity contribution in [2.24, 2.45) is 0 Å². The molecule has 0 aliphatic rings. The Balaban J connectivity index is 2.14. The number of carbonyl (C=O) groups excluding carboxylic acids is 1. The lowest BCUT2D eigenvalue weighted by Gasteiger charge is -2.16. The van der Waals surface area contributed by atoms with E-state index in [1.165, 1.54) is 39.3 Å². The van der Waals surface area contributed by atoms with Gasteiger partial charge in [0.15, 0.2) is 11.5 Å². The molecule has 146 valence electrons. The highest BCUT2D eigenvalue weighted by Crippen LogP contribution is 2.29. The summed E-state index contributed by atoms with van der Waals surface area (Å²) in [4.78, 5) is 12.3. The first-order chi connectivity index (χ1) is 12.7. The highest BCUT2D eigenvalue weighted by atomic mass is 35.5. The van der Waals surface area contributed by atoms with Crippen LogP contribution in [0.1, 0.15) is 12.5 Å². The van der Waals surface area contributed by atoms with Crippen molar-refractivity contribution in [2.45, 2.75) is 24.8 Å². The van der Waals surface area contributed by atoms with Crippen LogP contribution in [0, 0.1) is 6.92 Å². The second kappa shape index (κ2) is 8.60.